The number of hydrogen-bond donors (Lipinski definition) is 2. The second-order valence-electron chi connectivity index (χ2n) is 8.77. The highest BCUT2D eigenvalue weighted by atomic mass is 16.5. The van der Waals surface area contributed by atoms with E-state index in [0.717, 1.165) is 30.0 Å². The van der Waals surface area contributed by atoms with Gasteiger partial charge in [0.25, 0.3) is 0 Å². The van der Waals surface area contributed by atoms with Crippen LogP contribution in [0.5, 0.6) is 5.75 Å². The molecule has 1 amide bonds. The Labute approximate surface area is 194 Å². The van der Waals surface area contributed by atoms with Crippen molar-refractivity contribution >= 4 is 22.5 Å². The quantitative estimate of drug-likeness (QED) is 0.414. The third kappa shape index (κ3) is 4.72. The van der Waals surface area contributed by atoms with E-state index in [-0.39, 0.29) is 17.9 Å². The minimum atomic E-state index is -0.101. The van der Waals surface area contributed by atoms with Crippen LogP contribution in [0.1, 0.15) is 30.4 Å². The van der Waals surface area contributed by atoms with Gasteiger partial charge in [-0.15, -0.1) is 0 Å². The van der Waals surface area contributed by atoms with Crippen LogP contribution in [0.3, 0.4) is 0 Å². The second-order valence-corrected chi connectivity index (χ2v) is 8.77. The molecule has 1 aliphatic rings. The van der Waals surface area contributed by atoms with Crippen molar-refractivity contribution in [1.29, 1.82) is 0 Å². The molecule has 33 heavy (non-hydrogen) atoms. The zero-order valence-corrected chi connectivity index (χ0v) is 18.8. The molecule has 0 radical (unpaired) electrons. The van der Waals surface area contributed by atoms with Gasteiger partial charge in [-0.25, -0.2) is 0 Å². The van der Waals surface area contributed by atoms with Gasteiger partial charge in [-0.2, -0.15) is 0 Å². The molecule has 1 aromatic heterocycles. The molecule has 0 bridgehead atoms. The van der Waals surface area contributed by atoms with E-state index in [1.165, 1.54) is 16.5 Å². The van der Waals surface area contributed by atoms with E-state index in [2.05, 4.69) is 64.6 Å². The van der Waals surface area contributed by atoms with E-state index in [1.54, 1.807) is 0 Å². The van der Waals surface area contributed by atoms with Crippen LogP contribution in [0, 0.1) is 0 Å². The molecule has 4 aromatic rings. The fourth-order valence-corrected chi connectivity index (χ4v) is 4.63. The standard InChI is InChI=1S/C28H29N3O2/c1-20(24-17-29-25-12-6-5-11-23(24)25)15-28(32)30-16-22-19-31(18-21-9-3-2-4-10-21)26-13-7-8-14-27(26)33-22/h2-14,17,20,22,29H,15-16,18-19H2,1H3,(H,30,32). The minimum absolute atomic E-state index is 0.0462. The van der Waals surface area contributed by atoms with Crippen LogP contribution < -0.4 is 15.0 Å². The van der Waals surface area contributed by atoms with Crippen LogP contribution in [-0.2, 0) is 11.3 Å². The van der Waals surface area contributed by atoms with Gasteiger partial charge in [0, 0.05) is 30.1 Å². The van der Waals surface area contributed by atoms with Gasteiger partial charge in [-0.3, -0.25) is 4.79 Å². The normalized spacial score (nSPS) is 16.2. The first-order valence-electron chi connectivity index (χ1n) is 11.5. The highest BCUT2D eigenvalue weighted by Crippen LogP contribution is 2.34. The number of amides is 1. The monoisotopic (exact) mass is 439 g/mol. The summed E-state index contributed by atoms with van der Waals surface area (Å²) >= 11 is 0. The van der Waals surface area contributed by atoms with Gasteiger partial charge in [0.2, 0.25) is 5.91 Å². The summed E-state index contributed by atoms with van der Waals surface area (Å²) in [6, 6.07) is 26.8. The van der Waals surface area contributed by atoms with Gasteiger partial charge >= 0.3 is 0 Å². The van der Waals surface area contributed by atoms with Crippen LogP contribution in [0.15, 0.2) is 85.1 Å². The number of hydrogen-bond acceptors (Lipinski definition) is 3. The van der Waals surface area contributed by atoms with Crippen molar-refractivity contribution in [2.75, 3.05) is 18.0 Å². The Kier molecular flexibility index (Phi) is 6.03. The molecular weight excluding hydrogens is 410 g/mol. The number of para-hydroxylation sites is 3. The van der Waals surface area contributed by atoms with Crippen LogP contribution in [0.4, 0.5) is 5.69 Å². The Hall–Kier alpha value is -3.73. The Balaban J connectivity index is 1.21. The summed E-state index contributed by atoms with van der Waals surface area (Å²) in [5, 5.41) is 4.29. The van der Waals surface area contributed by atoms with Crippen molar-refractivity contribution in [3.8, 4) is 5.75 Å². The van der Waals surface area contributed by atoms with Gasteiger partial charge in [0.1, 0.15) is 11.9 Å². The van der Waals surface area contributed by atoms with Gasteiger partial charge in [0.15, 0.2) is 0 Å². The van der Waals surface area contributed by atoms with Crippen molar-refractivity contribution in [2.45, 2.75) is 31.9 Å². The zero-order valence-electron chi connectivity index (χ0n) is 18.8. The van der Waals surface area contributed by atoms with Gasteiger partial charge in [-0.05, 0) is 35.2 Å². The van der Waals surface area contributed by atoms with Crippen LogP contribution >= 0.6 is 0 Å². The number of H-pyrrole nitrogens is 1. The third-order valence-electron chi connectivity index (χ3n) is 6.31. The number of fused-ring (bicyclic) bond motifs is 2. The Morgan fingerprint density at radius 1 is 1.06 bits per heavy atom. The van der Waals surface area contributed by atoms with Crippen molar-refractivity contribution in [1.82, 2.24) is 10.3 Å². The summed E-state index contributed by atoms with van der Waals surface area (Å²) in [6.45, 7) is 4.12. The SMILES string of the molecule is CC(CC(=O)NCC1CN(Cc2ccccc2)c2ccccc2O1)c1c[nH]c2ccccc12. The summed E-state index contributed by atoms with van der Waals surface area (Å²) in [7, 11) is 0. The Morgan fingerprint density at radius 3 is 2.70 bits per heavy atom. The molecular formula is C28H29N3O2. The number of carbonyl (C=O) groups excluding carboxylic acids is 1. The Morgan fingerprint density at radius 2 is 1.82 bits per heavy atom. The first kappa shape index (κ1) is 21.1. The number of carbonyl (C=O) groups is 1. The molecule has 5 nitrogen and oxygen atoms in total. The number of nitrogens with zero attached hydrogens (tertiary/aromatic N) is 1. The number of aromatic nitrogens is 1. The molecule has 5 heteroatoms. The largest absolute Gasteiger partial charge is 0.485 e. The molecule has 5 rings (SSSR count). The lowest BCUT2D eigenvalue weighted by Crippen LogP contribution is -2.46. The maximum Gasteiger partial charge on any atom is 0.220 e. The second kappa shape index (κ2) is 9.41. The van der Waals surface area contributed by atoms with Crippen molar-refractivity contribution in [3.05, 3.63) is 96.2 Å². The molecule has 0 saturated heterocycles. The molecule has 3 aromatic carbocycles. The fraction of sp³-hybridized carbons (Fsp3) is 0.250. The first-order valence-corrected chi connectivity index (χ1v) is 11.5. The zero-order chi connectivity index (χ0) is 22.6. The van der Waals surface area contributed by atoms with Gasteiger partial charge in [0.05, 0.1) is 18.8 Å². The van der Waals surface area contributed by atoms with Crippen LogP contribution in [0.2, 0.25) is 0 Å². The summed E-state index contributed by atoms with van der Waals surface area (Å²) in [4.78, 5) is 18.4. The van der Waals surface area contributed by atoms with E-state index in [4.69, 9.17) is 4.74 Å². The highest BCUT2D eigenvalue weighted by molar-refractivity contribution is 5.85. The maximum atomic E-state index is 12.8. The van der Waals surface area contributed by atoms with E-state index >= 15 is 0 Å². The molecule has 2 N–H and O–H groups in total. The van der Waals surface area contributed by atoms with E-state index < -0.39 is 0 Å². The van der Waals surface area contributed by atoms with Crippen LogP contribution in [0.25, 0.3) is 10.9 Å². The molecule has 1 aliphatic heterocycles. The van der Waals surface area contributed by atoms with Gasteiger partial charge < -0.3 is 19.9 Å². The average Bonchev–Trinajstić information content (AvgIpc) is 3.28. The van der Waals surface area contributed by atoms with E-state index in [9.17, 15) is 4.79 Å². The molecule has 2 atom stereocenters. The number of anilines is 1. The lowest BCUT2D eigenvalue weighted by molar-refractivity contribution is -0.121. The molecule has 0 aliphatic carbocycles. The molecule has 2 heterocycles. The molecule has 2 unspecified atom stereocenters. The topological polar surface area (TPSA) is 57.4 Å². The maximum absolute atomic E-state index is 12.8. The lowest BCUT2D eigenvalue weighted by atomic mass is 9.97. The Bertz CT molecular complexity index is 1230. The van der Waals surface area contributed by atoms with Crippen molar-refractivity contribution in [3.63, 3.8) is 0 Å². The van der Waals surface area contributed by atoms with Crippen LogP contribution in [-0.4, -0.2) is 30.1 Å². The van der Waals surface area contributed by atoms with Gasteiger partial charge in [-0.1, -0.05) is 67.6 Å². The smallest absolute Gasteiger partial charge is 0.220 e. The number of nitrogens with one attached hydrogen (secondary N) is 2. The fourth-order valence-electron chi connectivity index (χ4n) is 4.63. The summed E-state index contributed by atoms with van der Waals surface area (Å²) < 4.78 is 6.22. The molecule has 0 fully saturated rings. The number of ether oxygens (including phenoxy) is 1. The lowest BCUT2D eigenvalue weighted by Gasteiger charge is -2.36. The van der Waals surface area contributed by atoms with Crippen molar-refractivity contribution < 1.29 is 9.53 Å². The number of aromatic amines is 1. The van der Waals surface area contributed by atoms with E-state index in [1.807, 2.05) is 42.6 Å². The average molecular weight is 440 g/mol. The molecule has 0 spiro atoms. The minimum Gasteiger partial charge on any atom is -0.485 e. The highest BCUT2D eigenvalue weighted by Gasteiger charge is 2.26. The van der Waals surface area contributed by atoms with Crippen molar-refractivity contribution in [2.24, 2.45) is 0 Å². The summed E-state index contributed by atoms with van der Waals surface area (Å²) in [5.74, 6) is 1.04. The number of benzene rings is 3. The molecule has 0 saturated carbocycles. The van der Waals surface area contributed by atoms with E-state index in [0.29, 0.717) is 13.0 Å². The predicted molar refractivity (Wildman–Crippen MR) is 133 cm³/mol. The third-order valence-corrected chi connectivity index (χ3v) is 6.31. The predicted octanol–water partition coefficient (Wildman–Crippen LogP) is 5.25. The summed E-state index contributed by atoms with van der Waals surface area (Å²) in [6.07, 6.45) is 2.36. The number of rotatable bonds is 7. The first-order chi connectivity index (χ1) is 16.2. The molecule has 168 valence electrons. The summed E-state index contributed by atoms with van der Waals surface area (Å²) in [5.41, 5.74) is 4.63.